The Labute approximate surface area is 113 Å². The number of likely N-dealkylation sites (N-methyl/N-ethyl adjacent to an activating group) is 1. The molecule has 0 bridgehead atoms. The van der Waals surface area contributed by atoms with Gasteiger partial charge in [0.15, 0.2) is 0 Å². The molecule has 0 aromatic carbocycles. The van der Waals surface area contributed by atoms with E-state index in [0.717, 1.165) is 17.7 Å². The second kappa shape index (κ2) is 8.39. The van der Waals surface area contributed by atoms with E-state index in [4.69, 9.17) is 0 Å². The molecule has 1 heterocycles. The van der Waals surface area contributed by atoms with Crippen LogP contribution in [0.3, 0.4) is 0 Å². The fourth-order valence-electron chi connectivity index (χ4n) is 2.73. The third kappa shape index (κ3) is 5.62. The van der Waals surface area contributed by atoms with Crippen LogP contribution in [-0.2, 0) is 0 Å². The summed E-state index contributed by atoms with van der Waals surface area (Å²) in [5.41, 5.74) is 0. The van der Waals surface area contributed by atoms with Crippen LogP contribution in [0.25, 0.3) is 0 Å². The number of hydrogen-bond acceptors (Lipinski definition) is 3. The zero-order valence-electron chi connectivity index (χ0n) is 11.9. The van der Waals surface area contributed by atoms with E-state index < -0.39 is 0 Å². The molecule has 0 amide bonds. The van der Waals surface area contributed by atoms with Crippen molar-refractivity contribution in [2.45, 2.75) is 45.6 Å². The standard InChI is InChI=1S/C14H30N2S/c1-4-14-12-15(3)8-5-9-16(14)10-6-13(2)7-11-17/h13-14,17H,4-12H2,1-3H3. The average Bonchev–Trinajstić information content (AvgIpc) is 2.48. The van der Waals surface area contributed by atoms with Gasteiger partial charge in [-0.2, -0.15) is 12.6 Å². The predicted molar refractivity (Wildman–Crippen MR) is 80.0 cm³/mol. The maximum Gasteiger partial charge on any atom is 0.0220 e. The lowest BCUT2D eigenvalue weighted by Gasteiger charge is -2.31. The van der Waals surface area contributed by atoms with Crippen LogP contribution in [0.4, 0.5) is 0 Å². The molecule has 0 aromatic heterocycles. The Morgan fingerprint density at radius 3 is 2.71 bits per heavy atom. The average molecular weight is 258 g/mol. The molecule has 0 radical (unpaired) electrons. The van der Waals surface area contributed by atoms with Gasteiger partial charge in [-0.3, -0.25) is 4.90 Å². The van der Waals surface area contributed by atoms with Crippen molar-refractivity contribution in [3.05, 3.63) is 0 Å². The lowest BCUT2D eigenvalue weighted by Crippen LogP contribution is -2.40. The Kier molecular flexibility index (Phi) is 7.56. The fraction of sp³-hybridized carbons (Fsp3) is 1.00. The molecule has 0 spiro atoms. The van der Waals surface area contributed by atoms with Gasteiger partial charge in [-0.15, -0.1) is 0 Å². The summed E-state index contributed by atoms with van der Waals surface area (Å²) in [5.74, 6) is 1.85. The molecule has 1 rings (SSSR count). The Morgan fingerprint density at radius 1 is 1.29 bits per heavy atom. The Hall–Kier alpha value is 0.270. The SMILES string of the molecule is CCC1CN(C)CCCN1CCC(C)CCS. The molecule has 2 nitrogen and oxygen atoms in total. The van der Waals surface area contributed by atoms with Gasteiger partial charge < -0.3 is 4.90 Å². The van der Waals surface area contributed by atoms with E-state index in [1.54, 1.807) is 0 Å². The quantitative estimate of drug-likeness (QED) is 0.732. The zero-order chi connectivity index (χ0) is 12.7. The number of rotatable bonds is 6. The predicted octanol–water partition coefficient (Wildman–Crippen LogP) is 2.75. The molecule has 0 aromatic rings. The Bertz CT molecular complexity index is 199. The molecule has 2 atom stereocenters. The van der Waals surface area contributed by atoms with E-state index in [2.05, 4.69) is 43.3 Å². The summed E-state index contributed by atoms with van der Waals surface area (Å²) in [4.78, 5) is 5.21. The van der Waals surface area contributed by atoms with Gasteiger partial charge in [0.05, 0.1) is 0 Å². The van der Waals surface area contributed by atoms with Gasteiger partial charge in [0, 0.05) is 12.6 Å². The first-order chi connectivity index (χ1) is 8.17. The summed E-state index contributed by atoms with van der Waals surface area (Å²) < 4.78 is 0. The maximum absolute atomic E-state index is 4.32. The molecule has 1 saturated heterocycles. The molecule has 1 fully saturated rings. The van der Waals surface area contributed by atoms with Gasteiger partial charge in [-0.1, -0.05) is 13.8 Å². The lowest BCUT2D eigenvalue weighted by molar-refractivity contribution is 0.173. The zero-order valence-corrected chi connectivity index (χ0v) is 12.8. The minimum absolute atomic E-state index is 0.769. The summed E-state index contributed by atoms with van der Waals surface area (Å²) in [5, 5.41) is 0. The van der Waals surface area contributed by atoms with Crippen molar-refractivity contribution in [2.75, 3.05) is 39.0 Å². The third-order valence-electron chi connectivity index (χ3n) is 4.03. The van der Waals surface area contributed by atoms with Crippen molar-refractivity contribution in [3.63, 3.8) is 0 Å². The summed E-state index contributed by atoms with van der Waals surface area (Å²) in [6.07, 6.45) is 5.20. The Balaban J connectivity index is 2.38. The van der Waals surface area contributed by atoms with Crippen LogP contribution in [0.2, 0.25) is 0 Å². The Morgan fingerprint density at radius 2 is 2.06 bits per heavy atom. The molecule has 17 heavy (non-hydrogen) atoms. The highest BCUT2D eigenvalue weighted by Gasteiger charge is 2.21. The third-order valence-corrected chi connectivity index (χ3v) is 4.28. The highest BCUT2D eigenvalue weighted by atomic mass is 32.1. The highest BCUT2D eigenvalue weighted by molar-refractivity contribution is 7.80. The largest absolute Gasteiger partial charge is 0.305 e. The van der Waals surface area contributed by atoms with Crippen molar-refractivity contribution in [2.24, 2.45) is 5.92 Å². The number of thiol groups is 1. The molecule has 0 N–H and O–H groups in total. The van der Waals surface area contributed by atoms with E-state index in [0.29, 0.717) is 0 Å². The van der Waals surface area contributed by atoms with Gasteiger partial charge in [-0.05, 0) is 64.0 Å². The molecule has 102 valence electrons. The van der Waals surface area contributed by atoms with E-state index >= 15 is 0 Å². The summed E-state index contributed by atoms with van der Waals surface area (Å²) in [7, 11) is 2.26. The van der Waals surface area contributed by atoms with E-state index in [-0.39, 0.29) is 0 Å². The van der Waals surface area contributed by atoms with Crippen molar-refractivity contribution in [3.8, 4) is 0 Å². The van der Waals surface area contributed by atoms with Gasteiger partial charge in [0.25, 0.3) is 0 Å². The molecular formula is C14H30N2S. The van der Waals surface area contributed by atoms with Crippen molar-refractivity contribution >= 4 is 12.6 Å². The second-order valence-corrected chi connectivity index (χ2v) is 6.07. The maximum atomic E-state index is 4.32. The normalized spacial score (nSPS) is 25.8. The van der Waals surface area contributed by atoms with E-state index in [1.165, 1.54) is 51.9 Å². The van der Waals surface area contributed by atoms with E-state index in [9.17, 15) is 0 Å². The minimum atomic E-state index is 0.769. The first-order valence-electron chi connectivity index (χ1n) is 7.20. The topological polar surface area (TPSA) is 6.48 Å². The molecule has 1 aliphatic heterocycles. The molecular weight excluding hydrogens is 228 g/mol. The summed E-state index contributed by atoms with van der Waals surface area (Å²) in [6.45, 7) is 9.77. The van der Waals surface area contributed by atoms with Crippen LogP contribution in [0.15, 0.2) is 0 Å². The van der Waals surface area contributed by atoms with Crippen LogP contribution in [0.1, 0.15) is 39.5 Å². The molecule has 0 aliphatic carbocycles. The molecule has 0 saturated carbocycles. The van der Waals surface area contributed by atoms with Crippen molar-refractivity contribution in [1.29, 1.82) is 0 Å². The van der Waals surface area contributed by atoms with Crippen LogP contribution in [-0.4, -0.2) is 54.8 Å². The van der Waals surface area contributed by atoms with Gasteiger partial charge >= 0.3 is 0 Å². The second-order valence-electron chi connectivity index (χ2n) is 5.62. The molecule has 2 unspecified atom stereocenters. The van der Waals surface area contributed by atoms with Crippen molar-refractivity contribution in [1.82, 2.24) is 9.80 Å². The monoisotopic (exact) mass is 258 g/mol. The van der Waals surface area contributed by atoms with Gasteiger partial charge in [-0.25, -0.2) is 0 Å². The minimum Gasteiger partial charge on any atom is -0.305 e. The smallest absolute Gasteiger partial charge is 0.0220 e. The highest BCUT2D eigenvalue weighted by Crippen LogP contribution is 2.15. The number of nitrogens with zero attached hydrogens (tertiary/aromatic N) is 2. The van der Waals surface area contributed by atoms with Gasteiger partial charge in [0.1, 0.15) is 0 Å². The van der Waals surface area contributed by atoms with Crippen LogP contribution in [0.5, 0.6) is 0 Å². The van der Waals surface area contributed by atoms with Crippen LogP contribution < -0.4 is 0 Å². The van der Waals surface area contributed by atoms with Gasteiger partial charge in [0.2, 0.25) is 0 Å². The lowest BCUT2D eigenvalue weighted by atomic mass is 10.0. The van der Waals surface area contributed by atoms with Crippen molar-refractivity contribution < 1.29 is 0 Å². The summed E-state index contributed by atoms with van der Waals surface area (Å²) >= 11 is 4.32. The summed E-state index contributed by atoms with van der Waals surface area (Å²) in [6, 6.07) is 0.769. The number of hydrogen-bond donors (Lipinski definition) is 1. The first kappa shape index (κ1) is 15.3. The van der Waals surface area contributed by atoms with Crippen LogP contribution in [0, 0.1) is 5.92 Å². The molecule has 3 heteroatoms. The molecule has 1 aliphatic rings. The fourth-order valence-corrected chi connectivity index (χ4v) is 3.17. The van der Waals surface area contributed by atoms with Crippen LogP contribution >= 0.6 is 12.6 Å². The van der Waals surface area contributed by atoms with E-state index in [1.807, 2.05) is 0 Å². The first-order valence-corrected chi connectivity index (χ1v) is 7.84.